The third-order valence-electron chi connectivity index (χ3n) is 4.62. The van der Waals surface area contributed by atoms with Crippen LogP contribution in [0.2, 0.25) is 0 Å². The van der Waals surface area contributed by atoms with E-state index < -0.39 is 26.6 Å². The molecule has 3 rings (SSSR count). The predicted octanol–water partition coefficient (Wildman–Crippen LogP) is 3.03. The highest BCUT2D eigenvalue weighted by molar-refractivity contribution is 7.89. The van der Waals surface area contributed by atoms with E-state index in [-0.39, 0.29) is 19.1 Å². The van der Waals surface area contributed by atoms with E-state index in [1.54, 1.807) is 0 Å². The van der Waals surface area contributed by atoms with Gasteiger partial charge in [-0.25, -0.2) is 17.2 Å². The summed E-state index contributed by atoms with van der Waals surface area (Å²) in [5.41, 5.74) is 1.15. The molecular formula is C18H20F2N2O2S. The van der Waals surface area contributed by atoms with Crippen LogP contribution in [0.5, 0.6) is 0 Å². The van der Waals surface area contributed by atoms with Gasteiger partial charge in [-0.05, 0) is 24.6 Å². The predicted molar refractivity (Wildman–Crippen MR) is 91.5 cm³/mol. The first kappa shape index (κ1) is 18.0. The Bertz CT molecular complexity index is 815. The van der Waals surface area contributed by atoms with Crippen molar-refractivity contribution in [3.05, 3.63) is 65.7 Å². The van der Waals surface area contributed by atoms with Crippen LogP contribution in [-0.2, 0) is 10.0 Å². The second kappa shape index (κ2) is 7.19. The normalized spacial score (nSPS) is 18.2. The van der Waals surface area contributed by atoms with Gasteiger partial charge in [-0.3, -0.25) is 4.90 Å². The van der Waals surface area contributed by atoms with Gasteiger partial charge in [0.25, 0.3) is 0 Å². The number of benzene rings is 2. The Morgan fingerprint density at radius 3 is 2.00 bits per heavy atom. The van der Waals surface area contributed by atoms with Crippen molar-refractivity contribution in [2.45, 2.75) is 17.9 Å². The zero-order valence-corrected chi connectivity index (χ0v) is 14.7. The fourth-order valence-electron chi connectivity index (χ4n) is 3.13. The van der Waals surface area contributed by atoms with Gasteiger partial charge in [0.2, 0.25) is 10.0 Å². The van der Waals surface area contributed by atoms with Gasteiger partial charge >= 0.3 is 0 Å². The molecule has 0 aromatic heterocycles. The van der Waals surface area contributed by atoms with E-state index >= 15 is 0 Å². The largest absolute Gasteiger partial charge is 0.294 e. The van der Waals surface area contributed by atoms with Crippen molar-refractivity contribution in [3.63, 3.8) is 0 Å². The molecule has 1 heterocycles. The molecule has 0 saturated carbocycles. The Morgan fingerprint density at radius 1 is 0.880 bits per heavy atom. The number of piperazine rings is 1. The van der Waals surface area contributed by atoms with Gasteiger partial charge in [0.15, 0.2) is 4.90 Å². The second-order valence-electron chi connectivity index (χ2n) is 6.08. The molecule has 1 saturated heterocycles. The van der Waals surface area contributed by atoms with Crippen molar-refractivity contribution < 1.29 is 17.2 Å². The molecule has 0 bridgehead atoms. The second-order valence-corrected chi connectivity index (χ2v) is 7.95. The zero-order valence-electron chi connectivity index (χ0n) is 13.9. The van der Waals surface area contributed by atoms with Gasteiger partial charge in [0.05, 0.1) is 0 Å². The fraction of sp³-hybridized carbons (Fsp3) is 0.333. The number of hydrogen-bond acceptors (Lipinski definition) is 3. The molecule has 1 fully saturated rings. The molecule has 1 aliphatic heterocycles. The Balaban J connectivity index is 1.74. The molecule has 1 atom stereocenters. The minimum absolute atomic E-state index is 0.149. The average molecular weight is 366 g/mol. The molecule has 1 aliphatic rings. The number of halogens is 2. The van der Waals surface area contributed by atoms with Crippen molar-refractivity contribution in [2.75, 3.05) is 26.2 Å². The molecule has 134 valence electrons. The van der Waals surface area contributed by atoms with Crippen molar-refractivity contribution in [3.8, 4) is 0 Å². The molecule has 4 nitrogen and oxygen atoms in total. The van der Waals surface area contributed by atoms with Crippen LogP contribution >= 0.6 is 0 Å². The lowest BCUT2D eigenvalue weighted by Gasteiger charge is -2.37. The molecule has 2 aromatic carbocycles. The Hall–Kier alpha value is -1.83. The quantitative estimate of drug-likeness (QED) is 0.835. The number of nitrogens with zero attached hydrogens (tertiary/aromatic N) is 2. The lowest BCUT2D eigenvalue weighted by Crippen LogP contribution is -2.49. The highest BCUT2D eigenvalue weighted by Crippen LogP contribution is 2.26. The molecule has 2 aromatic rings. The summed E-state index contributed by atoms with van der Waals surface area (Å²) in [6, 6.07) is 13.2. The number of hydrogen-bond donors (Lipinski definition) is 0. The number of sulfonamides is 1. The highest BCUT2D eigenvalue weighted by Gasteiger charge is 2.34. The third-order valence-corrected chi connectivity index (χ3v) is 6.57. The van der Waals surface area contributed by atoms with Gasteiger partial charge in [-0.1, -0.05) is 36.4 Å². The lowest BCUT2D eigenvalue weighted by molar-refractivity contribution is 0.145. The van der Waals surface area contributed by atoms with Gasteiger partial charge in [-0.2, -0.15) is 4.31 Å². The van der Waals surface area contributed by atoms with E-state index in [1.165, 1.54) is 0 Å². The SMILES string of the molecule is CC(c1ccccc1)N1CCN(S(=O)(=O)c2c(F)cccc2F)CC1. The molecule has 0 spiro atoms. The Labute approximate surface area is 146 Å². The first-order chi connectivity index (χ1) is 11.9. The van der Waals surface area contributed by atoms with Crippen LogP contribution in [0.3, 0.4) is 0 Å². The molecule has 25 heavy (non-hydrogen) atoms. The van der Waals surface area contributed by atoms with Crippen LogP contribution in [0, 0.1) is 11.6 Å². The van der Waals surface area contributed by atoms with Gasteiger partial charge < -0.3 is 0 Å². The first-order valence-corrected chi connectivity index (χ1v) is 9.58. The summed E-state index contributed by atoms with van der Waals surface area (Å²) in [6.45, 7) is 3.48. The molecular weight excluding hydrogens is 346 g/mol. The first-order valence-electron chi connectivity index (χ1n) is 8.14. The maximum Gasteiger partial charge on any atom is 0.249 e. The summed E-state index contributed by atoms with van der Waals surface area (Å²) in [7, 11) is -4.18. The van der Waals surface area contributed by atoms with Gasteiger partial charge in [0, 0.05) is 32.2 Å². The van der Waals surface area contributed by atoms with E-state index in [9.17, 15) is 17.2 Å². The summed E-state index contributed by atoms with van der Waals surface area (Å²) < 4.78 is 54.1. The van der Waals surface area contributed by atoms with Gasteiger partial charge in [-0.15, -0.1) is 0 Å². The molecule has 0 N–H and O–H groups in total. The Kier molecular flexibility index (Phi) is 5.17. The molecule has 0 amide bonds. The van der Waals surface area contributed by atoms with Crippen LogP contribution < -0.4 is 0 Å². The maximum absolute atomic E-state index is 13.9. The van der Waals surface area contributed by atoms with E-state index in [2.05, 4.69) is 11.8 Å². The molecule has 0 radical (unpaired) electrons. The Morgan fingerprint density at radius 2 is 1.44 bits per heavy atom. The standard InChI is InChI=1S/C18H20F2N2O2S/c1-14(15-6-3-2-4-7-15)21-10-12-22(13-11-21)25(23,24)18-16(19)8-5-9-17(18)20/h2-9,14H,10-13H2,1H3. The van der Waals surface area contributed by atoms with Crippen molar-refractivity contribution >= 4 is 10.0 Å². The molecule has 1 unspecified atom stereocenters. The molecule has 7 heteroatoms. The van der Waals surface area contributed by atoms with Crippen LogP contribution in [0.1, 0.15) is 18.5 Å². The summed E-state index contributed by atoms with van der Waals surface area (Å²) in [5, 5.41) is 0. The molecule has 0 aliphatic carbocycles. The van der Waals surface area contributed by atoms with Crippen molar-refractivity contribution in [2.24, 2.45) is 0 Å². The zero-order chi connectivity index (χ0) is 18.0. The van der Waals surface area contributed by atoms with Crippen molar-refractivity contribution in [1.82, 2.24) is 9.21 Å². The average Bonchev–Trinajstić information content (AvgIpc) is 2.61. The summed E-state index contributed by atoms with van der Waals surface area (Å²) in [5.74, 6) is -2.11. The van der Waals surface area contributed by atoms with E-state index in [4.69, 9.17) is 0 Å². The van der Waals surface area contributed by atoms with Crippen LogP contribution in [0.15, 0.2) is 53.4 Å². The smallest absolute Gasteiger partial charge is 0.249 e. The lowest BCUT2D eigenvalue weighted by atomic mass is 10.1. The third kappa shape index (κ3) is 3.58. The maximum atomic E-state index is 13.9. The van der Waals surface area contributed by atoms with Crippen LogP contribution in [-0.4, -0.2) is 43.8 Å². The van der Waals surface area contributed by atoms with Crippen LogP contribution in [0.25, 0.3) is 0 Å². The van der Waals surface area contributed by atoms with Crippen LogP contribution in [0.4, 0.5) is 8.78 Å². The summed E-state index contributed by atoms with van der Waals surface area (Å²) in [6.07, 6.45) is 0. The van der Waals surface area contributed by atoms with Gasteiger partial charge in [0.1, 0.15) is 11.6 Å². The monoisotopic (exact) mass is 366 g/mol. The number of rotatable bonds is 4. The van der Waals surface area contributed by atoms with E-state index in [1.807, 2.05) is 30.3 Å². The van der Waals surface area contributed by atoms with E-state index in [0.717, 1.165) is 28.1 Å². The minimum Gasteiger partial charge on any atom is -0.294 e. The highest BCUT2D eigenvalue weighted by atomic mass is 32.2. The summed E-state index contributed by atoms with van der Waals surface area (Å²) >= 11 is 0. The topological polar surface area (TPSA) is 40.6 Å². The van der Waals surface area contributed by atoms with Crippen molar-refractivity contribution in [1.29, 1.82) is 0 Å². The van der Waals surface area contributed by atoms with E-state index in [0.29, 0.717) is 13.1 Å². The minimum atomic E-state index is -4.18. The fourth-order valence-corrected chi connectivity index (χ4v) is 4.66. The summed E-state index contributed by atoms with van der Waals surface area (Å²) in [4.78, 5) is 1.30.